The summed E-state index contributed by atoms with van der Waals surface area (Å²) in [6, 6.07) is 0. The van der Waals surface area contributed by atoms with Crippen molar-refractivity contribution in [2.75, 3.05) is 0 Å². The van der Waals surface area contributed by atoms with Gasteiger partial charge in [0.2, 0.25) is 0 Å². The molecule has 0 aromatic carbocycles. The van der Waals surface area contributed by atoms with Crippen LogP contribution in [0.15, 0.2) is 11.6 Å². The summed E-state index contributed by atoms with van der Waals surface area (Å²) in [6.45, 7) is 17.4. The van der Waals surface area contributed by atoms with Gasteiger partial charge in [-0.2, -0.15) is 0 Å². The molecule has 3 fully saturated rings. The Morgan fingerprint density at radius 2 is 1.70 bits per heavy atom. The number of fused-ring (bicyclic) bond motifs is 5. The molecule has 4 rings (SSSR count). The quantitative estimate of drug-likeness (QED) is 0.454. The summed E-state index contributed by atoms with van der Waals surface area (Å²) in [6.07, 6.45) is 14.7. The Morgan fingerprint density at radius 1 is 0.967 bits per heavy atom. The maximum absolute atomic E-state index is 10.5. The zero-order valence-electron chi connectivity index (χ0n) is 21.1. The van der Waals surface area contributed by atoms with Crippen molar-refractivity contribution in [1.82, 2.24) is 0 Å². The van der Waals surface area contributed by atoms with Crippen molar-refractivity contribution in [3.05, 3.63) is 11.6 Å². The molecule has 4 aliphatic rings. The second kappa shape index (κ2) is 8.24. The van der Waals surface area contributed by atoms with Crippen LogP contribution in [-0.2, 0) is 0 Å². The Bertz CT molecular complexity index is 649. The Hall–Kier alpha value is -0.300. The van der Waals surface area contributed by atoms with Gasteiger partial charge in [-0.05, 0) is 97.2 Å². The van der Waals surface area contributed by atoms with Crippen LogP contribution in [0, 0.1) is 58.2 Å². The van der Waals surface area contributed by atoms with Gasteiger partial charge in [0.05, 0.1) is 6.10 Å². The summed E-state index contributed by atoms with van der Waals surface area (Å²) in [5.41, 5.74) is 2.55. The number of aliphatic hydroxyl groups excluding tert-OH is 1. The van der Waals surface area contributed by atoms with Gasteiger partial charge in [-0.1, -0.05) is 73.0 Å². The normalized spacial score (nSPS) is 47.8. The standard InChI is InChI=1S/C29H50O/c1-18(2)19(3)8-9-20(4)23-12-13-25-22-10-11-24-21(5)27(30)15-17-29(24,7)26(22)14-16-28(23,25)6/h11,18-23,25-27,30H,8-10,12-17H2,1-7H3/t19?,20-,21?,22+,23-,25+,26+,27+,28-,29+/m1/s1. The number of rotatable bonds is 5. The monoisotopic (exact) mass is 414 g/mol. The van der Waals surface area contributed by atoms with Gasteiger partial charge < -0.3 is 5.11 Å². The van der Waals surface area contributed by atoms with Crippen molar-refractivity contribution in [2.45, 2.75) is 112 Å². The fraction of sp³-hybridized carbons (Fsp3) is 0.931. The molecule has 172 valence electrons. The molecule has 1 nitrogen and oxygen atoms in total. The van der Waals surface area contributed by atoms with Crippen molar-refractivity contribution in [1.29, 1.82) is 0 Å². The zero-order chi connectivity index (χ0) is 21.8. The molecule has 0 spiro atoms. The van der Waals surface area contributed by atoms with Gasteiger partial charge in [0.15, 0.2) is 0 Å². The van der Waals surface area contributed by atoms with Gasteiger partial charge >= 0.3 is 0 Å². The van der Waals surface area contributed by atoms with Crippen LogP contribution < -0.4 is 0 Å². The average molecular weight is 415 g/mol. The minimum Gasteiger partial charge on any atom is -0.393 e. The van der Waals surface area contributed by atoms with Crippen LogP contribution in [0.1, 0.15) is 106 Å². The van der Waals surface area contributed by atoms with Crippen LogP contribution >= 0.6 is 0 Å². The molecule has 10 atom stereocenters. The molecule has 0 aliphatic heterocycles. The first-order chi connectivity index (χ1) is 14.1. The Labute approximate surface area is 187 Å². The number of hydrogen-bond donors (Lipinski definition) is 1. The Kier molecular flexibility index (Phi) is 6.28. The van der Waals surface area contributed by atoms with E-state index < -0.39 is 0 Å². The minimum atomic E-state index is -0.111. The van der Waals surface area contributed by atoms with Gasteiger partial charge in [-0.3, -0.25) is 0 Å². The molecule has 0 heterocycles. The predicted octanol–water partition coefficient (Wildman–Crippen LogP) is 7.88. The van der Waals surface area contributed by atoms with Crippen molar-refractivity contribution in [3.8, 4) is 0 Å². The highest BCUT2D eigenvalue weighted by Gasteiger charge is 2.59. The second-order valence-corrected chi connectivity index (χ2v) is 13.1. The average Bonchev–Trinajstić information content (AvgIpc) is 3.06. The van der Waals surface area contributed by atoms with Crippen LogP contribution in [0.4, 0.5) is 0 Å². The topological polar surface area (TPSA) is 20.2 Å². The third-order valence-corrected chi connectivity index (χ3v) is 11.5. The van der Waals surface area contributed by atoms with E-state index in [9.17, 15) is 5.11 Å². The molecule has 3 saturated carbocycles. The molecular weight excluding hydrogens is 364 g/mol. The SMILES string of the molecule is CC(C)C(C)CC[C@@H](C)[C@H]1CC[C@H]2[C@@H]3CC=C4C(C)[C@@H](O)CC[C@]4(C)[C@H]3CC[C@]12C. The second-order valence-electron chi connectivity index (χ2n) is 13.1. The fourth-order valence-corrected chi connectivity index (χ4v) is 9.09. The fourth-order valence-electron chi connectivity index (χ4n) is 9.09. The third-order valence-electron chi connectivity index (χ3n) is 11.5. The highest BCUT2D eigenvalue weighted by Crippen LogP contribution is 2.67. The Balaban J connectivity index is 1.51. The van der Waals surface area contributed by atoms with E-state index in [1.54, 1.807) is 5.57 Å². The van der Waals surface area contributed by atoms with Crippen LogP contribution in [0.25, 0.3) is 0 Å². The van der Waals surface area contributed by atoms with Gasteiger partial charge in [0.1, 0.15) is 0 Å². The maximum Gasteiger partial charge on any atom is 0.0603 e. The number of hydrogen-bond acceptors (Lipinski definition) is 1. The number of allylic oxidation sites excluding steroid dienone is 1. The van der Waals surface area contributed by atoms with E-state index in [0.29, 0.717) is 16.7 Å². The van der Waals surface area contributed by atoms with Gasteiger partial charge in [-0.25, -0.2) is 0 Å². The molecule has 30 heavy (non-hydrogen) atoms. The first-order valence-electron chi connectivity index (χ1n) is 13.5. The van der Waals surface area contributed by atoms with Crippen molar-refractivity contribution < 1.29 is 5.11 Å². The molecule has 1 heteroatoms. The summed E-state index contributed by atoms with van der Waals surface area (Å²) >= 11 is 0. The molecule has 2 unspecified atom stereocenters. The molecule has 0 amide bonds. The molecule has 0 bridgehead atoms. The van der Waals surface area contributed by atoms with E-state index in [4.69, 9.17) is 0 Å². The minimum absolute atomic E-state index is 0.111. The van der Waals surface area contributed by atoms with E-state index in [1.165, 1.54) is 51.4 Å². The lowest BCUT2D eigenvalue weighted by molar-refractivity contribution is -0.0646. The first kappa shape index (κ1) is 22.9. The molecule has 4 aliphatic carbocycles. The van der Waals surface area contributed by atoms with Crippen molar-refractivity contribution in [3.63, 3.8) is 0 Å². The van der Waals surface area contributed by atoms with Gasteiger partial charge in [-0.15, -0.1) is 0 Å². The van der Waals surface area contributed by atoms with Crippen LogP contribution in [-0.4, -0.2) is 11.2 Å². The summed E-state index contributed by atoms with van der Waals surface area (Å²) in [7, 11) is 0. The largest absolute Gasteiger partial charge is 0.393 e. The van der Waals surface area contributed by atoms with Crippen LogP contribution in [0.2, 0.25) is 0 Å². The van der Waals surface area contributed by atoms with Crippen LogP contribution in [0.3, 0.4) is 0 Å². The maximum atomic E-state index is 10.5. The molecule has 0 saturated heterocycles. The van der Waals surface area contributed by atoms with Crippen molar-refractivity contribution in [2.24, 2.45) is 58.2 Å². The van der Waals surface area contributed by atoms with E-state index in [-0.39, 0.29) is 6.10 Å². The molecule has 1 N–H and O–H groups in total. The zero-order valence-corrected chi connectivity index (χ0v) is 21.1. The van der Waals surface area contributed by atoms with E-state index in [2.05, 4.69) is 54.5 Å². The summed E-state index contributed by atoms with van der Waals surface area (Å²) in [5, 5.41) is 10.5. The van der Waals surface area contributed by atoms with Gasteiger partial charge in [0, 0.05) is 5.92 Å². The third kappa shape index (κ3) is 3.54. The lowest BCUT2D eigenvalue weighted by Crippen LogP contribution is -2.52. The smallest absolute Gasteiger partial charge is 0.0603 e. The first-order valence-corrected chi connectivity index (χ1v) is 13.5. The molecule has 0 radical (unpaired) electrons. The Morgan fingerprint density at radius 3 is 2.40 bits per heavy atom. The van der Waals surface area contributed by atoms with E-state index in [1.807, 2.05) is 0 Å². The van der Waals surface area contributed by atoms with Gasteiger partial charge in [0.25, 0.3) is 0 Å². The molecule has 0 aromatic heterocycles. The van der Waals surface area contributed by atoms with Crippen LogP contribution in [0.5, 0.6) is 0 Å². The predicted molar refractivity (Wildman–Crippen MR) is 128 cm³/mol. The summed E-state index contributed by atoms with van der Waals surface area (Å²) in [5.74, 6) is 6.56. The summed E-state index contributed by atoms with van der Waals surface area (Å²) < 4.78 is 0. The summed E-state index contributed by atoms with van der Waals surface area (Å²) in [4.78, 5) is 0. The van der Waals surface area contributed by atoms with Crippen molar-refractivity contribution >= 4 is 0 Å². The molecule has 0 aromatic rings. The molecular formula is C29H50O. The van der Waals surface area contributed by atoms with E-state index in [0.717, 1.165) is 47.8 Å². The lowest BCUT2D eigenvalue weighted by Gasteiger charge is -2.59. The lowest BCUT2D eigenvalue weighted by atomic mass is 9.46. The highest BCUT2D eigenvalue weighted by atomic mass is 16.3. The highest BCUT2D eigenvalue weighted by molar-refractivity contribution is 5.27. The number of aliphatic hydroxyl groups is 1. The van der Waals surface area contributed by atoms with E-state index >= 15 is 0 Å².